The Kier molecular flexibility index (Phi) is 5.24. The Hall–Kier alpha value is -2.12. The Labute approximate surface area is 148 Å². The zero-order chi connectivity index (χ0) is 18.0. The van der Waals surface area contributed by atoms with Gasteiger partial charge in [-0.1, -0.05) is 12.5 Å². The fourth-order valence-corrected chi connectivity index (χ4v) is 4.39. The molecule has 0 bridgehead atoms. The number of aryl methyl sites for hydroxylation is 1. The summed E-state index contributed by atoms with van der Waals surface area (Å²) in [6.07, 6.45) is 4.36. The van der Waals surface area contributed by atoms with Gasteiger partial charge < -0.3 is 11.1 Å². The Balaban J connectivity index is 2.14. The molecular formula is C18H18F2N2O2S. The Morgan fingerprint density at radius 3 is 2.44 bits per heavy atom. The molecule has 0 atom stereocenters. The first-order valence-electron chi connectivity index (χ1n) is 8.16. The van der Waals surface area contributed by atoms with Crippen LogP contribution in [0.3, 0.4) is 0 Å². The summed E-state index contributed by atoms with van der Waals surface area (Å²) < 4.78 is 28.2. The molecule has 1 aromatic carbocycles. The van der Waals surface area contributed by atoms with Crippen molar-refractivity contribution >= 4 is 28.0 Å². The summed E-state index contributed by atoms with van der Waals surface area (Å²) in [6, 6.07) is 3.33. The van der Waals surface area contributed by atoms with Crippen LogP contribution in [0, 0.1) is 11.6 Å². The molecule has 0 fully saturated rings. The van der Waals surface area contributed by atoms with Crippen molar-refractivity contribution in [2.45, 2.75) is 32.1 Å². The number of ketones is 1. The van der Waals surface area contributed by atoms with E-state index < -0.39 is 28.9 Å². The molecule has 3 rings (SSSR count). The third-order valence-corrected chi connectivity index (χ3v) is 5.48. The lowest BCUT2D eigenvalue weighted by Gasteiger charge is -2.09. The van der Waals surface area contributed by atoms with Gasteiger partial charge in [-0.25, -0.2) is 8.78 Å². The molecule has 7 heteroatoms. The number of halogens is 2. The molecule has 0 radical (unpaired) electrons. The van der Waals surface area contributed by atoms with Crippen LogP contribution in [0.25, 0.3) is 0 Å². The van der Waals surface area contributed by atoms with Crippen LogP contribution in [-0.2, 0) is 17.6 Å². The number of amides is 1. The van der Waals surface area contributed by atoms with Crippen molar-refractivity contribution in [2.75, 3.05) is 11.9 Å². The lowest BCUT2D eigenvalue weighted by atomic mass is 9.97. The number of carbonyl (C=O) groups is 2. The molecule has 1 heterocycles. The van der Waals surface area contributed by atoms with Gasteiger partial charge in [0.1, 0.15) is 16.6 Å². The molecule has 0 saturated carbocycles. The predicted octanol–water partition coefficient (Wildman–Crippen LogP) is 3.42. The van der Waals surface area contributed by atoms with E-state index in [0.29, 0.717) is 11.4 Å². The molecular weight excluding hydrogens is 346 g/mol. The van der Waals surface area contributed by atoms with Crippen LogP contribution < -0.4 is 11.1 Å². The number of thiophene rings is 1. The van der Waals surface area contributed by atoms with Gasteiger partial charge in [0.2, 0.25) is 11.7 Å². The van der Waals surface area contributed by atoms with E-state index in [1.807, 2.05) is 0 Å². The maximum Gasteiger partial charge on any atom is 0.238 e. The summed E-state index contributed by atoms with van der Waals surface area (Å²) in [7, 11) is 0. The highest BCUT2D eigenvalue weighted by Crippen LogP contribution is 2.39. The number of carbonyl (C=O) groups excluding carboxylic acids is 2. The molecule has 1 aliphatic carbocycles. The second kappa shape index (κ2) is 7.41. The van der Waals surface area contributed by atoms with E-state index in [9.17, 15) is 18.4 Å². The van der Waals surface area contributed by atoms with Crippen molar-refractivity contribution in [2.24, 2.45) is 5.73 Å². The summed E-state index contributed by atoms with van der Waals surface area (Å²) in [5.41, 5.74) is 5.75. The molecule has 0 aliphatic heterocycles. The van der Waals surface area contributed by atoms with E-state index in [4.69, 9.17) is 5.73 Å². The van der Waals surface area contributed by atoms with Gasteiger partial charge >= 0.3 is 0 Å². The summed E-state index contributed by atoms with van der Waals surface area (Å²) in [4.78, 5) is 25.7. The summed E-state index contributed by atoms with van der Waals surface area (Å²) in [5.74, 6) is -2.99. The number of anilines is 1. The molecule has 2 aromatic rings. The minimum Gasteiger partial charge on any atom is -0.322 e. The number of fused-ring (bicyclic) bond motifs is 1. The van der Waals surface area contributed by atoms with Gasteiger partial charge in [0.15, 0.2) is 0 Å². The molecule has 132 valence electrons. The lowest BCUT2D eigenvalue weighted by molar-refractivity contribution is -0.114. The van der Waals surface area contributed by atoms with Gasteiger partial charge in [-0.15, -0.1) is 11.3 Å². The average molecular weight is 364 g/mol. The smallest absolute Gasteiger partial charge is 0.238 e. The molecule has 1 amide bonds. The first-order chi connectivity index (χ1) is 12.0. The molecule has 0 spiro atoms. The number of rotatable bonds is 4. The second-order valence-corrected chi connectivity index (χ2v) is 7.05. The Morgan fingerprint density at radius 2 is 1.76 bits per heavy atom. The van der Waals surface area contributed by atoms with Crippen LogP contribution in [0.2, 0.25) is 0 Å². The number of nitrogens with two attached hydrogens (primary N) is 1. The fourth-order valence-electron chi connectivity index (χ4n) is 3.09. The van der Waals surface area contributed by atoms with Crippen molar-refractivity contribution in [3.8, 4) is 0 Å². The number of hydrogen-bond donors (Lipinski definition) is 2. The van der Waals surface area contributed by atoms with Crippen LogP contribution in [0.5, 0.6) is 0 Å². The normalized spacial score (nSPS) is 13.9. The van der Waals surface area contributed by atoms with Crippen molar-refractivity contribution in [1.29, 1.82) is 0 Å². The van der Waals surface area contributed by atoms with E-state index in [1.54, 1.807) is 0 Å². The average Bonchev–Trinajstić information content (AvgIpc) is 2.75. The summed E-state index contributed by atoms with van der Waals surface area (Å²) in [6.45, 7) is -0.232. The van der Waals surface area contributed by atoms with Crippen molar-refractivity contribution < 1.29 is 18.4 Å². The molecule has 25 heavy (non-hydrogen) atoms. The molecule has 4 nitrogen and oxygen atoms in total. The Morgan fingerprint density at radius 1 is 1.08 bits per heavy atom. The third-order valence-electron chi connectivity index (χ3n) is 4.28. The number of nitrogens with one attached hydrogen (secondary N) is 1. The topological polar surface area (TPSA) is 72.2 Å². The van der Waals surface area contributed by atoms with Crippen LogP contribution in [0.1, 0.15) is 45.6 Å². The predicted molar refractivity (Wildman–Crippen MR) is 93.1 cm³/mol. The maximum absolute atomic E-state index is 14.1. The van der Waals surface area contributed by atoms with Crippen LogP contribution in [-0.4, -0.2) is 18.2 Å². The minimum atomic E-state index is -0.908. The van der Waals surface area contributed by atoms with Crippen molar-refractivity contribution in [3.05, 3.63) is 51.4 Å². The monoisotopic (exact) mass is 364 g/mol. The molecule has 0 unspecified atom stereocenters. The quantitative estimate of drug-likeness (QED) is 0.645. The van der Waals surface area contributed by atoms with Crippen molar-refractivity contribution in [3.63, 3.8) is 0 Å². The lowest BCUT2D eigenvalue weighted by Crippen LogP contribution is -2.22. The van der Waals surface area contributed by atoms with Gasteiger partial charge in [0.05, 0.1) is 17.7 Å². The summed E-state index contributed by atoms with van der Waals surface area (Å²) in [5, 5.41) is 2.94. The highest BCUT2D eigenvalue weighted by atomic mass is 32.1. The first kappa shape index (κ1) is 17.7. The van der Waals surface area contributed by atoms with E-state index >= 15 is 0 Å². The van der Waals surface area contributed by atoms with Crippen molar-refractivity contribution in [1.82, 2.24) is 0 Å². The summed E-state index contributed by atoms with van der Waals surface area (Å²) >= 11 is 1.30. The van der Waals surface area contributed by atoms with Gasteiger partial charge in [0.25, 0.3) is 0 Å². The fraction of sp³-hybridized carbons (Fsp3) is 0.333. The van der Waals surface area contributed by atoms with Gasteiger partial charge in [-0.2, -0.15) is 0 Å². The highest BCUT2D eigenvalue weighted by molar-refractivity contribution is 7.17. The van der Waals surface area contributed by atoms with E-state index in [-0.39, 0.29) is 12.1 Å². The standard InChI is InChI=1S/C18H18F2N2O2S/c19-11-6-4-7-12(20)16(11)17(24)15-10-5-2-1-3-8-13(10)25-18(15)22-14(23)9-21/h4,6-7H,1-3,5,8-9,21H2,(H,22,23). The first-order valence-corrected chi connectivity index (χ1v) is 8.97. The SMILES string of the molecule is NCC(=O)Nc1sc2c(c1C(=O)c1c(F)cccc1F)CCCCC2. The number of benzene rings is 1. The van der Waals surface area contributed by atoms with Gasteiger partial charge in [-0.05, 0) is 43.4 Å². The minimum absolute atomic E-state index is 0.202. The van der Waals surface area contributed by atoms with Crippen LogP contribution >= 0.6 is 11.3 Å². The van der Waals surface area contributed by atoms with Crippen LogP contribution in [0.15, 0.2) is 18.2 Å². The largest absolute Gasteiger partial charge is 0.322 e. The Bertz CT molecular complexity index is 812. The zero-order valence-corrected chi connectivity index (χ0v) is 14.3. The molecule has 1 aliphatic rings. The van der Waals surface area contributed by atoms with E-state index in [1.165, 1.54) is 17.4 Å². The zero-order valence-electron chi connectivity index (χ0n) is 13.5. The van der Waals surface area contributed by atoms with E-state index in [0.717, 1.165) is 48.3 Å². The molecule has 1 aromatic heterocycles. The third kappa shape index (κ3) is 3.48. The van der Waals surface area contributed by atoms with E-state index in [2.05, 4.69) is 5.32 Å². The molecule has 3 N–H and O–H groups in total. The van der Waals surface area contributed by atoms with Gasteiger partial charge in [0, 0.05) is 4.88 Å². The second-order valence-electron chi connectivity index (χ2n) is 5.95. The highest BCUT2D eigenvalue weighted by Gasteiger charge is 2.29. The van der Waals surface area contributed by atoms with Crippen LogP contribution in [0.4, 0.5) is 13.8 Å². The van der Waals surface area contributed by atoms with Gasteiger partial charge in [-0.3, -0.25) is 9.59 Å². The molecule has 0 saturated heterocycles. The number of hydrogen-bond acceptors (Lipinski definition) is 4. The maximum atomic E-state index is 14.1.